The maximum atomic E-state index is 12.8. The molecule has 1 aliphatic heterocycles. The number of pyridine rings is 1. The number of rotatable bonds is 5. The summed E-state index contributed by atoms with van der Waals surface area (Å²) in [6, 6.07) is 4.99. The van der Waals surface area contributed by atoms with Gasteiger partial charge in [0.25, 0.3) is 11.8 Å². The minimum atomic E-state index is -0.260. The fraction of sp³-hybridized carbons (Fsp3) is 0.421. The Labute approximate surface area is 158 Å². The van der Waals surface area contributed by atoms with Crippen molar-refractivity contribution in [2.45, 2.75) is 13.8 Å². The highest BCUT2D eigenvalue weighted by atomic mass is 16.2. The molecule has 0 saturated carbocycles. The minimum absolute atomic E-state index is 0.0936. The van der Waals surface area contributed by atoms with E-state index in [0.717, 1.165) is 0 Å². The summed E-state index contributed by atoms with van der Waals surface area (Å²) < 4.78 is 0. The van der Waals surface area contributed by atoms with Crippen molar-refractivity contribution in [3.63, 3.8) is 0 Å². The highest BCUT2D eigenvalue weighted by molar-refractivity contribution is 5.98. The monoisotopic (exact) mass is 368 g/mol. The van der Waals surface area contributed by atoms with Gasteiger partial charge >= 0.3 is 0 Å². The smallest absolute Gasteiger partial charge is 0.269 e. The molecule has 8 nitrogen and oxygen atoms in total. The number of piperazine rings is 1. The number of carbonyl (C=O) groups excluding carboxylic acids is 2. The van der Waals surface area contributed by atoms with Gasteiger partial charge in [0, 0.05) is 56.9 Å². The van der Waals surface area contributed by atoms with Crippen molar-refractivity contribution < 1.29 is 9.59 Å². The van der Waals surface area contributed by atoms with Crippen LogP contribution in [0.1, 0.15) is 34.7 Å². The van der Waals surface area contributed by atoms with Crippen LogP contribution in [-0.4, -0.2) is 64.4 Å². The van der Waals surface area contributed by atoms with Gasteiger partial charge in [-0.15, -0.1) is 0 Å². The van der Waals surface area contributed by atoms with Gasteiger partial charge in [-0.05, 0) is 24.1 Å². The predicted molar refractivity (Wildman–Crippen MR) is 102 cm³/mol. The van der Waals surface area contributed by atoms with Gasteiger partial charge in [-0.2, -0.15) is 0 Å². The molecule has 0 radical (unpaired) electrons. The summed E-state index contributed by atoms with van der Waals surface area (Å²) in [5.74, 6) is 0.676. The number of carbonyl (C=O) groups is 2. The van der Waals surface area contributed by atoms with Crippen LogP contribution in [0.25, 0.3) is 0 Å². The first-order valence-electron chi connectivity index (χ1n) is 9.10. The summed E-state index contributed by atoms with van der Waals surface area (Å²) in [5, 5.41) is 2.82. The molecule has 3 heterocycles. The van der Waals surface area contributed by atoms with Crippen molar-refractivity contribution in [2.75, 3.05) is 37.6 Å². The Balaban J connectivity index is 1.61. The van der Waals surface area contributed by atoms with Gasteiger partial charge in [-0.25, -0.2) is 9.97 Å². The van der Waals surface area contributed by atoms with E-state index >= 15 is 0 Å². The van der Waals surface area contributed by atoms with Crippen LogP contribution in [0.5, 0.6) is 0 Å². The molecule has 1 N–H and O–H groups in total. The van der Waals surface area contributed by atoms with E-state index in [4.69, 9.17) is 0 Å². The maximum Gasteiger partial charge on any atom is 0.269 e. The average molecular weight is 368 g/mol. The lowest BCUT2D eigenvalue weighted by molar-refractivity contribution is 0.0746. The van der Waals surface area contributed by atoms with Crippen LogP contribution in [0.4, 0.5) is 5.95 Å². The lowest BCUT2D eigenvalue weighted by Gasteiger charge is -2.34. The minimum Gasteiger partial charge on any atom is -0.350 e. The molecule has 1 saturated heterocycles. The molecule has 0 atom stereocenters. The molecule has 27 heavy (non-hydrogen) atoms. The molecule has 0 bridgehead atoms. The summed E-state index contributed by atoms with van der Waals surface area (Å²) in [4.78, 5) is 41.4. The van der Waals surface area contributed by atoms with Gasteiger partial charge in [0.15, 0.2) is 0 Å². The summed E-state index contributed by atoms with van der Waals surface area (Å²) in [5.41, 5.74) is 0.738. The molecule has 0 aromatic carbocycles. The molecule has 0 spiro atoms. The molecule has 0 unspecified atom stereocenters. The molecular weight excluding hydrogens is 344 g/mol. The topological polar surface area (TPSA) is 91.3 Å². The second-order valence-electron chi connectivity index (χ2n) is 6.86. The van der Waals surface area contributed by atoms with Gasteiger partial charge < -0.3 is 15.1 Å². The zero-order valence-electron chi connectivity index (χ0n) is 15.6. The van der Waals surface area contributed by atoms with E-state index in [1.165, 1.54) is 6.20 Å². The Morgan fingerprint density at radius 3 is 2.44 bits per heavy atom. The second-order valence-corrected chi connectivity index (χ2v) is 6.86. The second kappa shape index (κ2) is 8.57. The number of hydrogen-bond donors (Lipinski definition) is 1. The zero-order valence-corrected chi connectivity index (χ0v) is 15.6. The SMILES string of the molecule is CC(C)CNC(=O)c1cc(C(=O)N2CCN(c3ncccn3)CC2)ccn1. The number of amides is 2. The van der Waals surface area contributed by atoms with Crippen molar-refractivity contribution in [1.82, 2.24) is 25.2 Å². The molecule has 2 amide bonds. The molecular formula is C19H24N6O2. The molecule has 2 aromatic heterocycles. The van der Waals surface area contributed by atoms with Crippen LogP contribution in [0.2, 0.25) is 0 Å². The van der Waals surface area contributed by atoms with Crippen molar-refractivity contribution >= 4 is 17.8 Å². The van der Waals surface area contributed by atoms with Crippen LogP contribution >= 0.6 is 0 Å². The van der Waals surface area contributed by atoms with Gasteiger partial charge in [0.2, 0.25) is 5.95 Å². The Bertz CT molecular complexity index is 788. The first kappa shape index (κ1) is 18.8. The summed E-state index contributed by atoms with van der Waals surface area (Å²) >= 11 is 0. The van der Waals surface area contributed by atoms with Crippen LogP contribution in [0.15, 0.2) is 36.8 Å². The standard InChI is InChI=1S/C19H24N6O2/c1-14(2)13-23-17(26)16-12-15(4-7-20-16)18(27)24-8-10-25(11-9-24)19-21-5-3-6-22-19/h3-7,12,14H,8-11,13H2,1-2H3,(H,23,26). The summed E-state index contributed by atoms with van der Waals surface area (Å²) in [6.07, 6.45) is 4.93. The quantitative estimate of drug-likeness (QED) is 0.853. The van der Waals surface area contributed by atoms with E-state index in [0.29, 0.717) is 50.2 Å². The molecule has 1 fully saturated rings. The normalized spacial score (nSPS) is 14.3. The number of aromatic nitrogens is 3. The Morgan fingerprint density at radius 2 is 1.78 bits per heavy atom. The van der Waals surface area contributed by atoms with Crippen molar-refractivity contribution in [2.24, 2.45) is 5.92 Å². The van der Waals surface area contributed by atoms with Crippen molar-refractivity contribution in [3.8, 4) is 0 Å². The molecule has 8 heteroatoms. The van der Waals surface area contributed by atoms with Crippen LogP contribution < -0.4 is 10.2 Å². The third kappa shape index (κ3) is 4.78. The highest BCUT2D eigenvalue weighted by Gasteiger charge is 2.24. The van der Waals surface area contributed by atoms with Crippen molar-refractivity contribution in [1.29, 1.82) is 0 Å². The van der Waals surface area contributed by atoms with Gasteiger partial charge in [0.1, 0.15) is 5.69 Å². The fourth-order valence-electron chi connectivity index (χ4n) is 2.82. The Morgan fingerprint density at radius 1 is 1.07 bits per heavy atom. The fourth-order valence-corrected chi connectivity index (χ4v) is 2.82. The largest absolute Gasteiger partial charge is 0.350 e. The average Bonchev–Trinajstić information content (AvgIpc) is 2.72. The molecule has 142 valence electrons. The molecule has 0 aliphatic carbocycles. The first-order valence-corrected chi connectivity index (χ1v) is 9.10. The van der Waals surface area contributed by atoms with E-state index in [1.54, 1.807) is 35.5 Å². The van der Waals surface area contributed by atoms with E-state index in [-0.39, 0.29) is 17.5 Å². The Hall–Kier alpha value is -3.03. The van der Waals surface area contributed by atoms with E-state index in [2.05, 4.69) is 25.2 Å². The van der Waals surface area contributed by atoms with Crippen LogP contribution in [0.3, 0.4) is 0 Å². The van der Waals surface area contributed by atoms with Gasteiger partial charge in [-0.1, -0.05) is 13.8 Å². The lowest BCUT2D eigenvalue weighted by Crippen LogP contribution is -2.49. The van der Waals surface area contributed by atoms with Gasteiger partial charge in [0.05, 0.1) is 0 Å². The van der Waals surface area contributed by atoms with Gasteiger partial charge in [-0.3, -0.25) is 14.6 Å². The van der Waals surface area contributed by atoms with Crippen LogP contribution in [0, 0.1) is 5.92 Å². The number of nitrogens with zero attached hydrogens (tertiary/aromatic N) is 5. The number of nitrogens with one attached hydrogen (secondary N) is 1. The molecule has 2 aromatic rings. The number of hydrogen-bond acceptors (Lipinski definition) is 6. The first-order chi connectivity index (χ1) is 13.0. The molecule has 1 aliphatic rings. The number of anilines is 1. The summed E-state index contributed by atoms with van der Waals surface area (Å²) in [7, 11) is 0. The maximum absolute atomic E-state index is 12.8. The third-order valence-electron chi connectivity index (χ3n) is 4.31. The van der Waals surface area contributed by atoms with E-state index in [9.17, 15) is 9.59 Å². The lowest BCUT2D eigenvalue weighted by atomic mass is 10.1. The van der Waals surface area contributed by atoms with Crippen molar-refractivity contribution in [3.05, 3.63) is 48.0 Å². The summed E-state index contributed by atoms with van der Waals surface area (Å²) in [6.45, 7) is 7.11. The Kier molecular flexibility index (Phi) is 5.95. The van der Waals surface area contributed by atoms with E-state index < -0.39 is 0 Å². The predicted octanol–water partition coefficient (Wildman–Crippen LogP) is 1.22. The highest BCUT2D eigenvalue weighted by Crippen LogP contribution is 2.13. The van der Waals surface area contributed by atoms with Crippen LogP contribution in [-0.2, 0) is 0 Å². The zero-order chi connectivity index (χ0) is 19.2. The third-order valence-corrected chi connectivity index (χ3v) is 4.31. The molecule has 3 rings (SSSR count). The van der Waals surface area contributed by atoms with E-state index in [1.807, 2.05) is 13.8 Å².